The van der Waals surface area contributed by atoms with Crippen molar-refractivity contribution < 1.29 is 22.5 Å². The first-order valence-electron chi connectivity index (χ1n) is 8.32. The van der Waals surface area contributed by atoms with Crippen molar-refractivity contribution in [3.05, 3.63) is 67.0 Å². The van der Waals surface area contributed by atoms with Gasteiger partial charge in [-0.1, -0.05) is 36.4 Å². The fourth-order valence-corrected chi connectivity index (χ4v) is 2.81. The maximum Gasteiger partial charge on any atom is 0.494 e. The van der Waals surface area contributed by atoms with Crippen LogP contribution in [0, 0.1) is 0 Å². The van der Waals surface area contributed by atoms with Crippen LogP contribution in [0.15, 0.2) is 67.0 Å². The molecule has 0 saturated carbocycles. The first kappa shape index (κ1) is 17.7. The second-order valence-electron chi connectivity index (χ2n) is 6.10. The Morgan fingerprint density at radius 2 is 1.63 bits per heavy atom. The normalized spacial score (nSPS) is 17.3. The summed E-state index contributed by atoms with van der Waals surface area (Å²) in [5.41, 5.74) is 3.88. The summed E-state index contributed by atoms with van der Waals surface area (Å²) in [7, 11) is -1.00. The average molecular weight is 370 g/mol. The van der Waals surface area contributed by atoms with Gasteiger partial charge in [0.2, 0.25) is 0 Å². The lowest BCUT2D eigenvalue weighted by Gasteiger charge is -2.13. The van der Waals surface area contributed by atoms with Gasteiger partial charge in [-0.2, -0.15) is 13.2 Å². The Kier molecular flexibility index (Phi) is 4.67. The van der Waals surface area contributed by atoms with E-state index < -0.39 is 26.0 Å². The predicted molar refractivity (Wildman–Crippen MR) is 95.2 cm³/mol. The van der Waals surface area contributed by atoms with E-state index in [4.69, 9.17) is 9.31 Å². The van der Waals surface area contributed by atoms with Crippen LogP contribution in [0.25, 0.3) is 22.5 Å². The van der Waals surface area contributed by atoms with Gasteiger partial charge in [-0.25, -0.2) is 0 Å². The van der Waals surface area contributed by atoms with E-state index in [1.165, 1.54) is 0 Å². The molecular weight excluding hydrogens is 356 g/mol. The Morgan fingerprint density at radius 3 is 2.22 bits per heavy atom. The van der Waals surface area contributed by atoms with E-state index in [0.29, 0.717) is 5.46 Å². The monoisotopic (exact) mass is 370 g/mol. The van der Waals surface area contributed by atoms with E-state index in [1.807, 2.05) is 30.3 Å². The highest BCUT2D eigenvalue weighted by Gasteiger charge is 2.48. The van der Waals surface area contributed by atoms with E-state index in [1.54, 1.807) is 36.7 Å². The molecule has 4 rings (SSSR count). The van der Waals surface area contributed by atoms with Gasteiger partial charge in [0.25, 0.3) is 0 Å². The van der Waals surface area contributed by atoms with Crippen molar-refractivity contribution in [1.82, 2.24) is 9.97 Å². The van der Waals surface area contributed by atoms with Crippen molar-refractivity contribution >= 4 is 12.6 Å². The van der Waals surface area contributed by atoms with Crippen molar-refractivity contribution in [2.75, 3.05) is 6.61 Å². The Morgan fingerprint density at radius 1 is 0.889 bits per heavy atom. The number of pyridine rings is 2. The summed E-state index contributed by atoms with van der Waals surface area (Å²) in [4.78, 5) is 8.69. The molecule has 3 heterocycles. The summed E-state index contributed by atoms with van der Waals surface area (Å²) in [6, 6.07) is 16.4. The highest BCUT2D eigenvalue weighted by molar-refractivity contribution is 6.61. The number of halogens is 3. The van der Waals surface area contributed by atoms with Crippen LogP contribution in [0.2, 0.25) is 0 Å². The van der Waals surface area contributed by atoms with Gasteiger partial charge >= 0.3 is 13.3 Å². The predicted octanol–water partition coefficient (Wildman–Crippen LogP) is 3.48. The molecule has 136 valence electrons. The molecule has 4 nitrogen and oxygen atoms in total. The van der Waals surface area contributed by atoms with Crippen molar-refractivity contribution in [2.24, 2.45) is 0 Å². The van der Waals surface area contributed by atoms with Crippen LogP contribution in [-0.4, -0.2) is 36.0 Å². The number of alkyl halides is 3. The summed E-state index contributed by atoms with van der Waals surface area (Å²) in [5.74, 6) is 0. The molecule has 1 aliphatic rings. The summed E-state index contributed by atoms with van der Waals surface area (Å²) in [5, 5.41) is 0. The lowest BCUT2D eigenvalue weighted by atomic mass is 9.79. The molecule has 1 aliphatic heterocycles. The minimum atomic E-state index is -4.42. The van der Waals surface area contributed by atoms with Crippen LogP contribution < -0.4 is 5.46 Å². The zero-order chi connectivity index (χ0) is 18.9. The first-order chi connectivity index (χ1) is 13.0. The van der Waals surface area contributed by atoms with Crippen LogP contribution in [0.1, 0.15) is 0 Å². The van der Waals surface area contributed by atoms with E-state index in [0.717, 1.165) is 22.5 Å². The number of hydrogen-bond acceptors (Lipinski definition) is 4. The summed E-state index contributed by atoms with van der Waals surface area (Å²) >= 11 is 0. The van der Waals surface area contributed by atoms with Crippen LogP contribution in [0.5, 0.6) is 0 Å². The molecule has 0 spiro atoms. The quantitative estimate of drug-likeness (QED) is 0.663. The van der Waals surface area contributed by atoms with Gasteiger partial charge in [-0.05, 0) is 29.2 Å². The minimum absolute atomic E-state index is 0.491. The SMILES string of the molecule is FC(F)(F)C1COB(c2ccc(-c3ccc(-c4ccccn4)nc3)cc2)O1. The number of hydrogen-bond donors (Lipinski definition) is 0. The number of rotatable bonds is 3. The topological polar surface area (TPSA) is 44.2 Å². The van der Waals surface area contributed by atoms with Crippen molar-refractivity contribution in [3.63, 3.8) is 0 Å². The molecule has 0 aliphatic carbocycles. The lowest BCUT2D eigenvalue weighted by Crippen LogP contribution is -2.36. The molecule has 1 saturated heterocycles. The standard InChI is InChI=1S/C19H14BF3N2O2/c21-19(22,23)18-12-26-20(27-18)15-7-4-13(5-8-15)14-6-9-17(25-11-14)16-3-1-2-10-24-16/h1-11,18H,12H2. The summed E-state index contributed by atoms with van der Waals surface area (Å²) < 4.78 is 48.1. The van der Waals surface area contributed by atoms with Gasteiger partial charge in [0.15, 0.2) is 6.10 Å². The minimum Gasteiger partial charge on any atom is -0.404 e. The molecule has 1 atom stereocenters. The molecule has 2 aromatic heterocycles. The van der Waals surface area contributed by atoms with Gasteiger partial charge in [0, 0.05) is 18.0 Å². The highest BCUT2D eigenvalue weighted by Crippen LogP contribution is 2.27. The molecule has 3 aromatic rings. The largest absolute Gasteiger partial charge is 0.494 e. The lowest BCUT2D eigenvalue weighted by molar-refractivity contribution is -0.190. The third-order valence-electron chi connectivity index (χ3n) is 4.26. The fourth-order valence-electron chi connectivity index (χ4n) is 2.81. The van der Waals surface area contributed by atoms with E-state index in [2.05, 4.69) is 9.97 Å². The second-order valence-corrected chi connectivity index (χ2v) is 6.10. The second kappa shape index (κ2) is 7.13. The molecule has 1 fully saturated rings. The molecular formula is C19H14BF3N2O2. The van der Waals surface area contributed by atoms with Gasteiger partial charge in [0.05, 0.1) is 18.0 Å². The molecule has 27 heavy (non-hydrogen) atoms. The third kappa shape index (κ3) is 3.86. The van der Waals surface area contributed by atoms with Crippen molar-refractivity contribution in [3.8, 4) is 22.5 Å². The summed E-state index contributed by atoms with van der Waals surface area (Å²) in [6.07, 6.45) is -2.86. The number of benzene rings is 1. The highest BCUT2D eigenvalue weighted by atomic mass is 19.4. The van der Waals surface area contributed by atoms with Crippen LogP contribution >= 0.6 is 0 Å². The molecule has 1 aromatic carbocycles. The van der Waals surface area contributed by atoms with Crippen LogP contribution in [-0.2, 0) is 9.31 Å². The molecule has 8 heteroatoms. The molecule has 1 unspecified atom stereocenters. The Balaban J connectivity index is 1.48. The fraction of sp³-hybridized carbons (Fsp3) is 0.158. The van der Waals surface area contributed by atoms with Gasteiger partial charge < -0.3 is 9.31 Å². The summed E-state index contributed by atoms with van der Waals surface area (Å²) in [6.45, 7) is -0.491. The van der Waals surface area contributed by atoms with E-state index >= 15 is 0 Å². The molecule has 0 N–H and O–H groups in total. The maximum atomic E-state index is 12.7. The van der Waals surface area contributed by atoms with E-state index in [-0.39, 0.29) is 0 Å². The molecule has 0 bridgehead atoms. The van der Waals surface area contributed by atoms with Crippen molar-refractivity contribution in [1.29, 1.82) is 0 Å². The first-order valence-corrected chi connectivity index (χ1v) is 8.32. The van der Waals surface area contributed by atoms with Crippen LogP contribution in [0.3, 0.4) is 0 Å². The smallest absolute Gasteiger partial charge is 0.404 e. The maximum absolute atomic E-state index is 12.7. The third-order valence-corrected chi connectivity index (χ3v) is 4.26. The number of nitrogens with zero attached hydrogens (tertiary/aromatic N) is 2. The Hall–Kier alpha value is -2.71. The van der Waals surface area contributed by atoms with E-state index in [9.17, 15) is 13.2 Å². The Labute approximate surface area is 154 Å². The van der Waals surface area contributed by atoms with Gasteiger partial charge in [0.1, 0.15) is 0 Å². The zero-order valence-electron chi connectivity index (χ0n) is 14.1. The molecule has 0 amide bonds. The van der Waals surface area contributed by atoms with Gasteiger partial charge in [-0.15, -0.1) is 0 Å². The average Bonchev–Trinajstić information content (AvgIpc) is 3.20. The van der Waals surface area contributed by atoms with Gasteiger partial charge in [-0.3, -0.25) is 9.97 Å². The van der Waals surface area contributed by atoms with Crippen molar-refractivity contribution in [2.45, 2.75) is 12.3 Å². The number of aromatic nitrogens is 2. The van der Waals surface area contributed by atoms with Crippen LogP contribution in [0.4, 0.5) is 13.2 Å². The Bertz CT molecular complexity index is 903. The zero-order valence-corrected chi connectivity index (χ0v) is 14.1. The molecule has 0 radical (unpaired) electrons.